The fourth-order valence-electron chi connectivity index (χ4n) is 9.44. The molecular weight excluding hydrogens is 781 g/mol. The molecule has 4 aliphatic rings. The molecule has 1 aliphatic carbocycles. The molecule has 8 rings (SSSR count). The van der Waals surface area contributed by atoms with Gasteiger partial charge in [-0.2, -0.15) is 0 Å². The van der Waals surface area contributed by atoms with Gasteiger partial charge in [-0.25, -0.2) is 19.6 Å². The van der Waals surface area contributed by atoms with Gasteiger partial charge < -0.3 is 49.3 Å². The number of hydrogen-bond acceptors (Lipinski definition) is 10. The predicted octanol–water partition coefficient (Wildman–Crippen LogP) is 6.09. The molecule has 16 nitrogen and oxygen atoms in total. The number of imidazole rings is 2. The lowest BCUT2D eigenvalue weighted by molar-refractivity contribution is -0.136. The summed E-state index contributed by atoms with van der Waals surface area (Å²) in [6.45, 7) is 9.59. The van der Waals surface area contributed by atoms with Crippen LogP contribution < -0.4 is 15.4 Å². The second kappa shape index (κ2) is 17.2. The molecule has 0 radical (unpaired) electrons. The smallest absolute Gasteiger partial charge is 0.407 e. The van der Waals surface area contributed by atoms with Gasteiger partial charge in [0.05, 0.1) is 50.5 Å². The van der Waals surface area contributed by atoms with Crippen LogP contribution in [0.2, 0.25) is 0 Å². The first-order valence-corrected chi connectivity index (χ1v) is 21.2. The Kier molecular flexibility index (Phi) is 11.8. The van der Waals surface area contributed by atoms with Crippen molar-refractivity contribution in [3.8, 4) is 39.4 Å². The molecule has 0 bridgehead atoms. The maximum Gasteiger partial charge on any atom is 0.407 e. The van der Waals surface area contributed by atoms with Crippen LogP contribution in [0.25, 0.3) is 33.6 Å². The predicted molar refractivity (Wildman–Crippen MR) is 225 cm³/mol. The lowest BCUT2D eigenvalue weighted by Gasteiger charge is -2.30. The van der Waals surface area contributed by atoms with Crippen LogP contribution in [0.5, 0.6) is 5.75 Å². The van der Waals surface area contributed by atoms with Crippen LogP contribution in [0, 0.1) is 17.8 Å². The SMILES string of the molecule is COC[C@@H]1CC(c2nc3c([nH]2)CCc2cc4c(cc2-3)OCc2cc(-c3cnc([C@@H]5CCCN5C(=O)[C@@H](NC(=O)OC)C(C)C)[nH]3)ccc2-4)N(C(=O)[C@@H](NC(=O)OC)C(C)C)C1. The van der Waals surface area contributed by atoms with Crippen LogP contribution in [-0.4, -0.2) is 107 Å². The van der Waals surface area contributed by atoms with Crippen molar-refractivity contribution in [1.29, 1.82) is 0 Å². The number of fused-ring (bicyclic) bond motifs is 6. The van der Waals surface area contributed by atoms with Crippen LogP contribution in [0.15, 0.2) is 36.5 Å². The Morgan fingerprint density at radius 1 is 0.836 bits per heavy atom. The molecule has 5 atom stereocenters. The van der Waals surface area contributed by atoms with E-state index < -0.39 is 24.3 Å². The third kappa shape index (κ3) is 8.05. The number of carbonyl (C=O) groups is 4. The van der Waals surface area contributed by atoms with Gasteiger partial charge in [-0.3, -0.25) is 9.59 Å². The number of nitrogens with zero attached hydrogens (tertiary/aromatic N) is 4. The summed E-state index contributed by atoms with van der Waals surface area (Å²) in [5, 5.41) is 5.45. The largest absolute Gasteiger partial charge is 0.488 e. The number of aromatic nitrogens is 4. The minimum atomic E-state index is -0.747. The summed E-state index contributed by atoms with van der Waals surface area (Å²) in [6.07, 6.45) is 4.42. The van der Waals surface area contributed by atoms with Crippen molar-refractivity contribution in [1.82, 2.24) is 40.4 Å². The van der Waals surface area contributed by atoms with E-state index in [1.54, 1.807) is 7.11 Å². The van der Waals surface area contributed by atoms with E-state index in [1.165, 1.54) is 19.8 Å². The third-order valence-electron chi connectivity index (χ3n) is 12.6. The molecule has 5 heterocycles. The second-order valence-electron chi connectivity index (χ2n) is 17.3. The molecule has 2 aromatic carbocycles. The molecule has 324 valence electrons. The van der Waals surface area contributed by atoms with Crippen molar-refractivity contribution in [2.45, 2.75) is 90.6 Å². The van der Waals surface area contributed by atoms with Gasteiger partial charge in [0.1, 0.15) is 36.1 Å². The summed E-state index contributed by atoms with van der Waals surface area (Å²) in [5.41, 5.74) is 9.11. The molecule has 0 spiro atoms. The molecule has 61 heavy (non-hydrogen) atoms. The number of benzene rings is 2. The lowest BCUT2D eigenvalue weighted by Crippen LogP contribution is -2.51. The highest BCUT2D eigenvalue weighted by molar-refractivity contribution is 5.88. The molecule has 4 N–H and O–H groups in total. The fourth-order valence-corrected chi connectivity index (χ4v) is 9.44. The molecule has 2 saturated heterocycles. The highest BCUT2D eigenvalue weighted by Gasteiger charge is 2.43. The van der Waals surface area contributed by atoms with E-state index in [0.717, 1.165) is 82.2 Å². The quantitative estimate of drug-likeness (QED) is 0.138. The van der Waals surface area contributed by atoms with Crippen LogP contribution in [0.4, 0.5) is 9.59 Å². The Hall–Kier alpha value is -5.90. The van der Waals surface area contributed by atoms with Crippen molar-refractivity contribution >= 4 is 24.0 Å². The minimum absolute atomic E-state index is 0.116. The number of aryl methyl sites for hydroxylation is 2. The Balaban J connectivity index is 1.02. The Morgan fingerprint density at radius 2 is 1.56 bits per heavy atom. The van der Waals surface area contributed by atoms with Gasteiger partial charge in [0.2, 0.25) is 11.8 Å². The normalized spacial score (nSPS) is 20.0. The van der Waals surface area contributed by atoms with Gasteiger partial charge in [0, 0.05) is 42.9 Å². The molecule has 3 aliphatic heterocycles. The highest BCUT2D eigenvalue weighted by Crippen LogP contribution is 2.46. The summed E-state index contributed by atoms with van der Waals surface area (Å²) >= 11 is 0. The Labute approximate surface area is 355 Å². The number of hydrogen-bond donors (Lipinski definition) is 4. The summed E-state index contributed by atoms with van der Waals surface area (Å²) in [6, 6.07) is 8.70. The second-order valence-corrected chi connectivity index (χ2v) is 17.3. The minimum Gasteiger partial charge on any atom is -0.488 e. The van der Waals surface area contributed by atoms with Crippen molar-refractivity contribution < 1.29 is 38.1 Å². The summed E-state index contributed by atoms with van der Waals surface area (Å²) < 4.78 is 21.6. The van der Waals surface area contributed by atoms with Crippen LogP contribution in [0.3, 0.4) is 0 Å². The first-order valence-electron chi connectivity index (χ1n) is 21.2. The zero-order valence-corrected chi connectivity index (χ0v) is 35.9. The van der Waals surface area contributed by atoms with E-state index in [0.29, 0.717) is 38.5 Å². The van der Waals surface area contributed by atoms with E-state index in [4.69, 9.17) is 28.9 Å². The molecule has 2 aromatic heterocycles. The van der Waals surface area contributed by atoms with Crippen molar-refractivity contribution in [2.75, 3.05) is 41.0 Å². The number of amides is 4. The van der Waals surface area contributed by atoms with Crippen LogP contribution >= 0.6 is 0 Å². The van der Waals surface area contributed by atoms with E-state index in [2.05, 4.69) is 50.9 Å². The number of alkyl carbamates (subject to hydrolysis) is 2. The molecule has 4 aromatic rings. The molecule has 4 amide bonds. The molecular formula is C45H56N8O8. The van der Waals surface area contributed by atoms with Gasteiger partial charge in [0.25, 0.3) is 0 Å². The van der Waals surface area contributed by atoms with Crippen LogP contribution in [0.1, 0.15) is 87.5 Å². The standard InChI is InChI=1S/C45H56N8O8/c1-23(2)37(50-44(56)59-6)42(54)52-14-8-9-34(52)40-46-19-33(48-40)27-10-12-29-28(16-27)22-61-36-18-30-26(17-31(29)36)11-13-32-39(30)49-41(47-32)35-15-25(21-58-5)20-53(35)43(55)38(24(3)4)51-45(57)60-7/h10,12,16-19,23-25,34-35,37-38H,8-9,11,13-15,20-22H2,1-7H3,(H,46,48)(H,47,49)(H,50,56)(H,51,57)/t25-,34+,35?,37+,38+/m1/s1. The average molecular weight is 837 g/mol. The third-order valence-corrected chi connectivity index (χ3v) is 12.6. The molecule has 1 unspecified atom stereocenters. The fraction of sp³-hybridized carbons (Fsp3) is 0.511. The molecule has 16 heteroatoms. The number of H-pyrrole nitrogens is 2. The van der Waals surface area contributed by atoms with Gasteiger partial charge in [-0.15, -0.1) is 0 Å². The number of rotatable bonds is 11. The Morgan fingerprint density at radius 3 is 2.25 bits per heavy atom. The number of likely N-dealkylation sites (tertiary alicyclic amines) is 2. The average Bonchev–Trinajstić information content (AvgIpc) is 4.09. The van der Waals surface area contributed by atoms with Gasteiger partial charge in [-0.1, -0.05) is 39.8 Å². The van der Waals surface area contributed by atoms with Gasteiger partial charge in [-0.05, 0) is 84.4 Å². The number of methoxy groups -OCH3 is 3. The van der Waals surface area contributed by atoms with Crippen LogP contribution in [-0.2, 0) is 43.2 Å². The number of ether oxygens (including phenoxy) is 4. The maximum atomic E-state index is 14.1. The zero-order chi connectivity index (χ0) is 43.1. The summed E-state index contributed by atoms with van der Waals surface area (Å²) in [4.78, 5) is 72.6. The number of carbonyl (C=O) groups excluding carboxylic acids is 4. The van der Waals surface area contributed by atoms with E-state index in [9.17, 15) is 19.2 Å². The van der Waals surface area contributed by atoms with E-state index in [-0.39, 0.29) is 41.7 Å². The van der Waals surface area contributed by atoms with Gasteiger partial charge in [0.15, 0.2) is 0 Å². The monoisotopic (exact) mass is 836 g/mol. The van der Waals surface area contributed by atoms with Crippen molar-refractivity contribution in [3.63, 3.8) is 0 Å². The van der Waals surface area contributed by atoms with Gasteiger partial charge >= 0.3 is 12.2 Å². The number of aromatic amines is 2. The van der Waals surface area contributed by atoms with Crippen molar-refractivity contribution in [3.05, 3.63) is 65.0 Å². The van der Waals surface area contributed by atoms with E-state index >= 15 is 0 Å². The Bertz CT molecular complexity index is 2320. The summed E-state index contributed by atoms with van der Waals surface area (Å²) in [7, 11) is 4.25. The molecule has 2 fully saturated rings. The lowest BCUT2D eigenvalue weighted by atomic mass is 9.86. The van der Waals surface area contributed by atoms with Crippen molar-refractivity contribution in [2.24, 2.45) is 17.8 Å². The maximum absolute atomic E-state index is 14.1. The molecule has 0 saturated carbocycles. The van der Waals surface area contributed by atoms with E-state index in [1.807, 2.05) is 43.7 Å². The zero-order valence-electron chi connectivity index (χ0n) is 35.9. The summed E-state index contributed by atoms with van der Waals surface area (Å²) in [5.74, 6) is 1.76. The topological polar surface area (TPSA) is 193 Å². The first-order chi connectivity index (χ1) is 29.4. The highest BCUT2D eigenvalue weighted by atomic mass is 16.5. The number of nitrogens with one attached hydrogen (secondary N) is 4. The first kappa shape index (κ1) is 41.8.